The summed E-state index contributed by atoms with van der Waals surface area (Å²) in [4.78, 5) is 28.5. The highest BCUT2D eigenvalue weighted by atomic mass is 19.1. The molecule has 3 aromatic rings. The average Bonchev–Trinajstić information content (AvgIpc) is 2.91. The van der Waals surface area contributed by atoms with E-state index in [4.69, 9.17) is 4.74 Å². The molecule has 2 amide bonds. The van der Waals surface area contributed by atoms with Crippen LogP contribution in [-0.2, 0) is 14.9 Å². The lowest BCUT2D eigenvalue weighted by atomic mass is 9.74. The second-order valence-electron chi connectivity index (χ2n) is 9.74. The number of rotatable bonds is 5. The largest absolute Gasteiger partial charge is 0.381 e. The predicted octanol–water partition coefficient (Wildman–Crippen LogP) is 4.70. The third kappa shape index (κ3) is 4.94. The van der Waals surface area contributed by atoms with Crippen LogP contribution in [0.4, 0.5) is 4.39 Å². The van der Waals surface area contributed by atoms with E-state index in [0.717, 1.165) is 42.0 Å². The zero-order chi connectivity index (χ0) is 24.3. The quantitative estimate of drug-likeness (QED) is 0.583. The number of halogens is 1. The first-order valence-corrected chi connectivity index (χ1v) is 12.4. The first kappa shape index (κ1) is 23.5. The van der Waals surface area contributed by atoms with Gasteiger partial charge in [0.2, 0.25) is 5.91 Å². The summed E-state index contributed by atoms with van der Waals surface area (Å²) >= 11 is 0. The number of nitrogens with one attached hydrogen (secondary N) is 1. The zero-order valence-corrected chi connectivity index (χ0v) is 19.8. The second kappa shape index (κ2) is 10.2. The summed E-state index contributed by atoms with van der Waals surface area (Å²) < 4.78 is 19.5. The van der Waals surface area contributed by atoms with Crippen molar-refractivity contribution >= 4 is 22.6 Å². The van der Waals surface area contributed by atoms with Gasteiger partial charge < -0.3 is 15.0 Å². The monoisotopic (exact) mass is 474 g/mol. The molecule has 2 fully saturated rings. The standard InChI is InChI=1S/C29H31FN2O3/c30-24-10-4-9-23(18-24)29(13-16-35-17-14-29)20-31-27(33)22-8-5-15-32(19-22)28(34)26-12-3-7-21-6-1-2-11-25(21)26/h1-4,6-7,9-12,18,22H,5,8,13-17,19-20H2,(H,31,33). The maximum atomic E-state index is 14.0. The van der Waals surface area contributed by atoms with Gasteiger partial charge in [-0.2, -0.15) is 0 Å². The number of fused-ring (bicyclic) bond motifs is 1. The van der Waals surface area contributed by atoms with E-state index in [2.05, 4.69) is 5.32 Å². The van der Waals surface area contributed by atoms with Crippen LogP contribution in [0.25, 0.3) is 10.8 Å². The van der Waals surface area contributed by atoms with Crippen molar-refractivity contribution in [2.24, 2.45) is 5.92 Å². The number of ether oxygens (including phenoxy) is 1. The summed E-state index contributed by atoms with van der Waals surface area (Å²) in [6.45, 7) is 2.67. The topological polar surface area (TPSA) is 58.6 Å². The molecule has 0 saturated carbocycles. The van der Waals surface area contributed by atoms with Crippen LogP contribution in [0.15, 0.2) is 66.7 Å². The highest BCUT2D eigenvalue weighted by Gasteiger charge is 2.36. The first-order chi connectivity index (χ1) is 17.1. The van der Waals surface area contributed by atoms with Gasteiger partial charge in [-0.25, -0.2) is 4.39 Å². The Hall–Kier alpha value is -3.25. The molecule has 0 spiro atoms. The van der Waals surface area contributed by atoms with E-state index < -0.39 is 0 Å². The Labute approximate surface area is 205 Å². The molecular formula is C29H31FN2O3. The number of nitrogens with zero attached hydrogens (tertiary/aromatic N) is 1. The Morgan fingerprint density at radius 2 is 1.80 bits per heavy atom. The molecule has 5 rings (SSSR count). The average molecular weight is 475 g/mol. The van der Waals surface area contributed by atoms with E-state index in [1.165, 1.54) is 6.07 Å². The fourth-order valence-corrected chi connectivity index (χ4v) is 5.51. The maximum absolute atomic E-state index is 14.0. The highest BCUT2D eigenvalue weighted by molar-refractivity contribution is 6.07. The normalized spacial score (nSPS) is 19.9. The SMILES string of the molecule is O=C(NCC1(c2cccc(F)c2)CCOCC1)C1CCCN(C(=O)c2cccc3ccccc23)C1. The van der Waals surface area contributed by atoms with E-state index in [0.29, 0.717) is 38.4 Å². The van der Waals surface area contributed by atoms with Crippen LogP contribution in [-0.4, -0.2) is 49.6 Å². The molecule has 35 heavy (non-hydrogen) atoms. The molecule has 6 heteroatoms. The molecule has 0 bridgehead atoms. The van der Waals surface area contributed by atoms with Crippen molar-refractivity contribution < 1.29 is 18.7 Å². The van der Waals surface area contributed by atoms with Gasteiger partial charge in [0.05, 0.1) is 5.92 Å². The van der Waals surface area contributed by atoms with Gasteiger partial charge in [0.15, 0.2) is 0 Å². The van der Waals surface area contributed by atoms with Crippen molar-refractivity contribution in [3.8, 4) is 0 Å². The number of carbonyl (C=O) groups is 2. The number of hydrogen-bond acceptors (Lipinski definition) is 3. The number of benzene rings is 3. The highest BCUT2D eigenvalue weighted by Crippen LogP contribution is 2.35. The summed E-state index contributed by atoms with van der Waals surface area (Å²) in [7, 11) is 0. The summed E-state index contributed by atoms with van der Waals surface area (Å²) in [5, 5.41) is 5.12. The van der Waals surface area contributed by atoms with Crippen molar-refractivity contribution in [2.75, 3.05) is 32.8 Å². The molecule has 0 aromatic heterocycles. The van der Waals surface area contributed by atoms with Crippen LogP contribution in [0.1, 0.15) is 41.6 Å². The van der Waals surface area contributed by atoms with Crippen LogP contribution < -0.4 is 5.32 Å². The fourth-order valence-electron chi connectivity index (χ4n) is 5.51. The van der Waals surface area contributed by atoms with Crippen molar-refractivity contribution in [3.63, 3.8) is 0 Å². The molecular weight excluding hydrogens is 443 g/mol. The molecule has 182 valence electrons. The molecule has 3 aromatic carbocycles. The number of hydrogen-bond donors (Lipinski definition) is 1. The van der Waals surface area contributed by atoms with Gasteiger partial charge in [-0.3, -0.25) is 9.59 Å². The summed E-state index contributed by atoms with van der Waals surface area (Å²) in [6, 6.07) is 20.3. The molecule has 2 aliphatic heterocycles. The van der Waals surface area contributed by atoms with Gasteiger partial charge in [-0.1, -0.05) is 48.5 Å². The van der Waals surface area contributed by atoms with Gasteiger partial charge in [-0.15, -0.1) is 0 Å². The van der Waals surface area contributed by atoms with E-state index in [1.54, 1.807) is 12.1 Å². The van der Waals surface area contributed by atoms with Crippen LogP contribution in [0.2, 0.25) is 0 Å². The number of piperidine rings is 1. The molecule has 2 heterocycles. The minimum atomic E-state index is -0.344. The molecule has 0 radical (unpaired) electrons. The van der Waals surface area contributed by atoms with Gasteiger partial charge in [0, 0.05) is 43.8 Å². The fraction of sp³-hybridized carbons (Fsp3) is 0.379. The van der Waals surface area contributed by atoms with Crippen molar-refractivity contribution in [1.29, 1.82) is 0 Å². The number of likely N-dealkylation sites (tertiary alicyclic amines) is 1. The smallest absolute Gasteiger partial charge is 0.254 e. The lowest BCUT2D eigenvalue weighted by Crippen LogP contribution is -2.49. The molecule has 2 aliphatic rings. The Bertz CT molecular complexity index is 1220. The van der Waals surface area contributed by atoms with Crippen molar-refractivity contribution in [3.05, 3.63) is 83.7 Å². The van der Waals surface area contributed by atoms with Crippen LogP contribution in [0.5, 0.6) is 0 Å². The van der Waals surface area contributed by atoms with E-state index in [-0.39, 0.29) is 29.0 Å². The Kier molecular flexibility index (Phi) is 6.82. The van der Waals surface area contributed by atoms with E-state index in [1.807, 2.05) is 53.4 Å². The molecule has 5 nitrogen and oxygen atoms in total. The Morgan fingerprint density at radius 3 is 2.63 bits per heavy atom. The molecule has 2 saturated heterocycles. The first-order valence-electron chi connectivity index (χ1n) is 12.4. The summed E-state index contributed by atoms with van der Waals surface area (Å²) in [5.74, 6) is -0.593. The summed E-state index contributed by atoms with van der Waals surface area (Å²) in [5.41, 5.74) is 1.23. The minimum Gasteiger partial charge on any atom is -0.381 e. The number of amides is 2. The minimum absolute atomic E-state index is 0.0278. The van der Waals surface area contributed by atoms with Gasteiger partial charge in [0.25, 0.3) is 5.91 Å². The zero-order valence-electron chi connectivity index (χ0n) is 19.8. The van der Waals surface area contributed by atoms with Gasteiger partial charge in [-0.05, 0) is 60.2 Å². The molecule has 1 atom stereocenters. The van der Waals surface area contributed by atoms with Crippen LogP contribution >= 0.6 is 0 Å². The van der Waals surface area contributed by atoms with Crippen molar-refractivity contribution in [2.45, 2.75) is 31.1 Å². The van der Waals surface area contributed by atoms with Crippen LogP contribution in [0.3, 0.4) is 0 Å². The number of carbonyl (C=O) groups excluding carboxylic acids is 2. The second-order valence-corrected chi connectivity index (χ2v) is 9.74. The molecule has 1 N–H and O–H groups in total. The van der Waals surface area contributed by atoms with Crippen LogP contribution in [0, 0.1) is 11.7 Å². The lowest BCUT2D eigenvalue weighted by molar-refractivity contribution is -0.126. The predicted molar refractivity (Wildman–Crippen MR) is 134 cm³/mol. The van der Waals surface area contributed by atoms with E-state index >= 15 is 0 Å². The third-order valence-electron chi connectivity index (χ3n) is 7.59. The van der Waals surface area contributed by atoms with E-state index in [9.17, 15) is 14.0 Å². The summed E-state index contributed by atoms with van der Waals surface area (Å²) in [6.07, 6.45) is 3.00. The Balaban J connectivity index is 1.28. The van der Waals surface area contributed by atoms with Gasteiger partial charge in [0.1, 0.15) is 5.82 Å². The molecule has 0 aliphatic carbocycles. The third-order valence-corrected chi connectivity index (χ3v) is 7.59. The maximum Gasteiger partial charge on any atom is 0.254 e. The lowest BCUT2D eigenvalue weighted by Gasteiger charge is -2.39. The Morgan fingerprint density at radius 1 is 1.03 bits per heavy atom. The van der Waals surface area contributed by atoms with Gasteiger partial charge >= 0.3 is 0 Å². The van der Waals surface area contributed by atoms with Crippen molar-refractivity contribution in [1.82, 2.24) is 10.2 Å². The molecule has 1 unspecified atom stereocenters.